The molecule has 1 unspecified atom stereocenters. The lowest BCUT2D eigenvalue weighted by molar-refractivity contribution is -0.141. The minimum Gasteiger partial charge on any atom is -0.495 e. The van der Waals surface area contributed by atoms with Crippen molar-refractivity contribution in [1.29, 1.82) is 0 Å². The van der Waals surface area contributed by atoms with Crippen molar-refractivity contribution in [2.24, 2.45) is 0 Å². The number of aliphatic carboxylic acids is 1. The number of hydrogen-bond donors (Lipinski definition) is 2. The van der Waals surface area contributed by atoms with Crippen molar-refractivity contribution in [2.45, 2.75) is 25.4 Å². The summed E-state index contributed by atoms with van der Waals surface area (Å²) in [5.41, 5.74) is 0.855. The molecule has 104 valence electrons. The zero-order chi connectivity index (χ0) is 14.0. The van der Waals surface area contributed by atoms with Crippen molar-refractivity contribution in [3.8, 4) is 5.75 Å². The van der Waals surface area contributed by atoms with Gasteiger partial charge in [-0.2, -0.15) is 0 Å². The van der Waals surface area contributed by atoms with Gasteiger partial charge in [0.25, 0.3) is 0 Å². The summed E-state index contributed by atoms with van der Waals surface area (Å²) in [6.45, 7) is 2.94. The van der Waals surface area contributed by atoms with Crippen LogP contribution in [0.2, 0.25) is 0 Å². The van der Waals surface area contributed by atoms with Gasteiger partial charge in [0, 0.05) is 13.1 Å². The van der Waals surface area contributed by atoms with Gasteiger partial charge in [0.2, 0.25) is 0 Å². The molecule has 0 saturated carbocycles. The van der Waals surface area contributed by atoms with E-state index in [1.54, 1.807) is 7.11 Å². The molecule has 19 heavy (non-hydrogen) atoms. The number of methoxy groups -OCH3 is 1. The molecule has 1 aliphatic heterocycles. The highest BCUT2D eigenvalue weighted by molar-refractivity contribution is 5.69. The number of aliphatic hydroxyl groups is 1. The van der Waals surface area contributed by atoms with Gasteiger partial charge >= 0.3 is 5.97 Å². The topological polar surface area (TPSA) is 70.0 Å². The fraction of sp³-hybridized carbons (Fsp3) is 0.500. The molecule has 2 N–H and O–H groups in total. The lowest BCUT2D eigenvalue weighted by Gasteiger charge is -2.24. The average Bonchev–Trinajstić information content (AvgIpc) is 2.70. The van der Waals surface area contributed by atoms with Crippen LogP contribution in [0.5, 0.6) is 5.75 Å². The number of carbonyl (C=O) groups is 1. The van der Waals surface area contributed by atoms with Gasteiger partial charge in [-0.3, -0.25) is 4.79 Å². The maximum absolute atomic E-state index is 10.8. The van der Waals surface area contributed by atoms with Gasteiger partial charge in [0.05, 0.1) is 24.8 Å². The van der Waals surface area contributed by atoms with Crippen LogP contribution in [0.1, 0.15) is 18.4 Å². The van der Waals surface area contributed by atoms with Crippen LogP contribution < -0.4 is 9.64 Å². The molecule has 5 nitrogen and oxygen atoms in total. The van der Waals surface area contributed by atoms with Gasteiger partial charge in [-0.15, -0.1) is 0 Å². The Bertz CT molecular complexity index is 488. The van der Waals surface area contributed by atoms with Crippen LogP contribution in [0.4, 0.5) is 5.69 Å². The molecule has 0 radical (unpaired) electrons. The molecule has 1 saturated heterocycles. The van der Waals surface area contributed by atoms with Gasteiger partial charge in [-0.05, 0) is 31.0 Å². The number of nitrogens with zero attached hydrogens (tertiary/aromatic N) is 1. The largest absolute Gasteiger partial charge is 0.495 e. The van der Waals surface area contributed by atoms with E-state index in [2.05, 4.69) is 0 Å². The molecule has 0 spiro atoms. The van der Waals surface area contributed by atoms with E-state index in [-0.39, 0.29) is 6.42 Å². The Morgan fingerprint density at radius 3 is 2.89 bits per heavy atom. The van der Waals surface area contributed by atoms with E-state index in [0.717, 1.165) is 17.0 Å². The highest BCUT2D eigenvalue weighted by Crippen LogP contribution is 2.35. The van der Waals surface area contributed by atoms with E-state index in [9.17, 15) is 9.90 Å². The molecule has 1 aromatic rings. The van der Waals surface area contributed by atoms with Gasteiger partial charge in [0.1, 0.15) is 5.75 Å². The molecule has 1 aliphatic rings. The predicted molar refractivity (Wildman–Crippen MR) is 71.8 cm³/mol. The number of rotatable bonds is 4. The minimum absolute atomic E-state index is 0.225. The number of anilines is 1. The second-order valence-corrected chi connectivity index (χ2v) is 5.14. The van der Waals surface area contributed by atoms with Crippen LogP contribution in [0.25, 0.3) is 0 Å². The summed E-state index contributed by atoms with van der Waals surface area (Å²) < 4.78 is 5.32. The van der Waals surface area contributed by atoms with Gasteiger partial charge in [0.15, 0.2) is 0 Å². The highest BCUT2D eigenvalue weighted by atomic mass is 16.5. The zero-order valence-corrected chi connectivity index (χ0v) is 11.2. The van der Waals surface area contributed by atoms with E-state index in [4.69, 9.17) is 9.84 Å². The van der Waals surface area contributed by atoms with Gasteiger partial charge < -0.3 is 19.8 Å². The molecule has 1 aromatic carbocycles. The molecule has 1 fully saturated rings. The SMILES string of the molecule is COc1ccc(C)cc1N1CCC(O)(CC(=O)O)C1. The summed E-state index contributed by atoms with van der Waals surface area (Å²) in [7, 11) is 1.60. The van der Waals surface area contributed by atoms with E-state index >= 15 is 0 Å². The zero-order valence-electron chi connectivity index (χ0n) is 11.2. The summed E-state index contributed by atoms with van der Waals surface area (Å²) in [5.74, 6) is -0.231. The summed E-state index contributed by atoms with van der Waals surface area (Å²) in [5, 5.41) is 19.1. The van der Waals surface area contributed by atoms with Crippen molar-refractivity contribution >= 4 is 11.7 Å². The molecule has 1 atom stereocenters. The normalized spacial score (nSPS) is 22.6. The number of carboxylic acids is 1. The molecule has 0 bridgehead atoms. The molecule has 0 amide bonds. The Morgan fingerprint density at radius 1 is 1.53 bits per heavy atom. The van der Waals surface area contributed by atoms with Crippen LogP contribution in [-0.2, 0) is 4.79 Å². The minimum atomic E-state index is -1.15. The number of ether oxygens (including phenoxy) is 1. The van der Waals surface area contributed by atoms with Crippen LogP contribution in [0, 0.1) is 6.92 Å². The third kappa shape index (κ3) is 2.98. The van der Waals surface area contributed by atoms with E-state index < -0.39 is 11.6 Å². The third-order valence-corrected chi connectivity index (χ3v) is 3.49. The third-order valence-electron chi connectivity index (χ3n) is 3.49. The van der Waals surface area contributed by atoms with Crippen LogP contribution in [-0.4, -0.2) is 42.0 Å². The molecular formula is C14H19NO4. The first-order valence-electron chi connectivity index (χ1n) is 6.27. The Kier molecular flexibility index (Phi) is 3.66. The lowest BCUT2D eigenvalue weighted by Crippen LogP contribution is -2.35. The second-order valence-electron chi connectivity index (χ2n) is 5.14. The van der Waals surface area contributed by atoms with E-state index in [0.29, 0.717) is 19.5 Å². The molecular weight excluding hydrogens is 246 g/mol. The van der Waals surface area contributed by atoms with Crippen LogP contribution in [0.15, 0.2) is 18.2 Å². The first-order chi connectivity index (χ1) is 8.93. The van der Waals surface area contributed by atoms with Crippen LogP contribution >= 0.6 is 0 Å². The number of aryl methyl sites for hydroxylation is 1. The van der Waals surface area contributed by atoms with Crippen molar-refractivity contribution < 1.29 is 19.7 Å². The smallest absolute Gasteiger partial charge is 0.306 e. The van der Waals surface area contributed by atoms with Crippen molar-refractivity contribution in [2.75, 3.05) is 25.1 Å². The molecule has 0 aromatic heterocycles. The Labute approximate surface area is 112 Å². The maximum atomic E-state index is 10.8. The summed E-state index contributed by atoms with van der Waals surface area (Å²) in [6, 6.07) is 5.84. The second kappa shape index (κ2) is 5.09. The molecule has 5 heteroatoms. The number of benzene rings is 1. The van der Waals surface area contributed by atoms with Crippen molar-refractivity contribution in [1.82, 2.24) is 0 Å². The first-order valence-corrected chi connectivity index (χ1v) is 6.27. The Morgan fingerprint density at radius 2 is 2.26 bits per heavy atom. The van der Waals surface area contributed by atoms with Crippen LogP contribution in [0.3, 0.4) is 0 Å². The number of hydrogen-bond acceptors (Lipinski definition) is 4. The molecule has 0 aliphatic carbocycles. The average molecular weight is 265 g/mol. The van der Waals surface area contributed by atoms with E-state index in [1.165, 1.54) is 0 Å². The summed E-state index contributed by atoms with van der Waals surface area (Å²) in [6.07, 6.45) is 0.230. The van der Waals surface area contributed by atoms with Gasteiger partial charge in [-0.25, -0.2) is 0 Å². The lowest BCUT2D eigenvalue weighted by atomic mass is 9.99. The molecule has 1 heterocycles. The summed E-state index contributed by atoms with van der Waals surface area (Å²) >= 11 is 0. The number of β-amino-alcohol motifs (C(OH)–C–C–N with tert-alkyl or cyclic N) is 1. The Balaban J connectivity index is 2.21. The first kappa shape index (κ1) is 13.7. The fourth-order valence-electron chi connectivity index (χ4n) is 2.54. The van der Waals surface area contributed by atoms with Crippen molar-refractivity contribution in [3.05, 3.63) is 23.8 Å². The quantitative estimate of drug-likeness (QED) is 0.861. The van der Waals surface area contributed by atoms with Gasteiger partial charge in [-0.1, -0.05) is 6.07 Å². The highest BCUT2D eigenvalue weighted by Gasteiger charge is 2.38. The molecule has 2 rings (SSSR count). The fourth-order valence-corrected chi connectivity index (χ4v) is 2.54. The predicted octanol–water partition coefficient (Wildman–Crippen LogP) is 1.42. The van der Waals surface area contributed by atoms with Crippen molar-refractivity contribution in [3.63, 3.8) is 0 Å². The Hall–Kier alpha value is -1.75. The summed E-state index contributed by atoms with van der Waals surface area (Å²) in [4.78, 5) is 12.8. The number of carboxylic acid groups (broad SMARTS) is 1. The standard InChI is InChI=1S/C14H19NO4/c1-10-3-4-12(19-2)11(7-10)15-6-5-14(18,9-15)8-13(16)17/h3-4,7,18H,5-6,8-9H2,1-2H3,(H,16,17). The van der Waals surface area contributed by atoms with E-state index in [1.807, 2.05) is 30.0 Å². The maximum Gasteiger partial charge on any atom is 0.306 e. The monoisotopic (exact) mass is 265 g/mol.